The maximum atomic E-state index is 13.0. The maximum absolute atomic E-state index is 13.0. The number of rotatable bonds is 4. The smallest absolute Gasteiger partial charge is 0.350 e. The zero-order chi connectivity index (χ0) is 19.4. The van der Waals surface area contributed by atoms with Gasteiger partial charge in [-0.15, -0.1) is 11.3 Å². The molecule has 0 aliphatic carbocycles. The topological polar surface area (TPSA) is 75.7 Å². The molecule has 1 fully saturated rings. The fraction of sp³-hybridized carbons (Fsp3) is 0.316. The normalized spacial score (nSPS) is 16.7. The van der Waals surface area contributed by atoms with E-state index < -0.39 is 11.8 Å². The number of carbonyl (C=O) groups excluding carboxylic acids is 3. The van der Waals surface area contributed by atoms with Crippen LogP contribution >= 0.6 is 11.3 Å². The number of likely N-dealkylation sites (tertiary alicyclic amines) is 1. The van der Waals surface area contributed by atoms with Gasteiger partial charge in [0, 0.05) is 18.7 Å². The van der Waals surface area contributed by atoms with Gasteiger partial charge >= 0.3 is 5.97 Å². The summed E-state index contributed by atoms with van der Waals surface area (Å²) in [7, 11) is 1.29. The lowest BCUT2D eigenvalue weighted by molar-refractivity contribution is -0.121. The summed E-state index contributed by atoms with van der Waals surface area (Å²) in [5.74, 6) is -1.75. The number of benzene rings is 1. The van der Waals surface area contributed by atoms with Gasteiger partial charge in [0.15, 0.2) is 0 Å². The van der Waals surface area contributed by atoms with Gasteiger partial charge in [0.05, 0.1) is 18.7 Å². The van der Waals surface area contributed by atoms with E-state index in [0.717, 1.165) is 0 Å². The fourth-order valence-corrected chi connectivity index (χ4v) is 3.81. The van der Waals surface area contributed by atoms with Gasteiger partial charge in [-0.3, -0.25) is 9.59 Å². The zero-order valence-corrected chi connectivity index (χ0v) is 15.6. The third-order valence-electron chi connectivity index (χ3n) is 4.46. The molecule has 1 aliphatic heterocycles. The van der Waals surface area contributed by atoms with E-state index in [1.807, 2.05) is 0 Å². The molecule has 2 heterocycles. The molecule has 0 bridgehead atoms. The number of methoxy groups -OCH3 is 1. The molecule has 2 amide bonds. The first-order valence-corrected chi connectivity index (χ1v) is 9.39. The summed E-state index contributed by atoms with van der Waals surface area (Å²) >= 11 is 1.19. The summed E-state index contributed by atoms with van der Waals surface area (Å²) < 4.78 is 17.8. The van der Waals surface area contributed by atoms with E-state index in [4.69, 9.17) is 4.74 Å². The van der Waals surface area contributed by atoms with E-state index in [1.54, 1.807) is 16.3 Å². The van der Waals surface area contributed by atoms with Gasteiger partial charge in [-0.1, -0.05) is 0 Å². The van der Waals surface area contributed by atoms with Crippen LogP contribution < -0.4 is 5.32 Å². The third-order valence-corrected chi connectivity index (χ3v) is 5.36. The predicted molar refractivity (Wildman–Crippen MR) is 99.3 cm³/mol. The summed E-state index contributed by atoms with van der Waals surface area (Å²) in [5.41, 5.74) is 0.808. The third kappa shape index (κ3) is 4.33. The van der Waals surface area contributed by atoms with E-state index in [-0.39, 0.29) is 24.3 Å². The lowest BCUT2D eigenvalue weighted by Gasteiger charge is -2.32. The molecule has 1 aromatic heterocycles. The molecule has 0 spiro atoms. The van der Waals surface area contributed by atoms with Crippen LogP contribution in [0.2, 0.25) is 0 Å². The first kappa shape index (κ1) is 19.0. The van der Waals surface area contributed by atoms with Gasteiger partial charge < -0.3 is 15.0 Å². The fourth-order valence-electron chi connectivity index (χ4n) is 3.04. The quantitative estimate of drug-likeness (QED) is 0.814. The van der Waals surface area contributed by atoms with Crippen molar-refractivity contribution in [1.29, 1.82) is 0 Å². The highest BCUT2D eigenvalue weighted by atomic mass is 32.1. The number of nitrogens with one attached hydrogen (secondary N) is 1. The number of carbonyl (C=O) groups is 3. The number of piperidine rings is 1. The molecule has 0 radical (unpaired) electrons. The summed E-state index contributed by atoms with van der Waals surface area (Å²) in [6, 6.07) is 7.02. The second-order valence-electron chi connectivity index (χ2n) is 6.24. The molecule has 27 heavy (non-hydrogen) atoms. The average Bonchev–Trinajstić information content (AvgIpc) is 3.15. The van der Waals surface area contributed by atoms with Crippen molar-refractivity contribution in [3.63, 3.8) is 0 Å². The van der Waals surface area contributed by atoms with Gasteiger partial charge in [0.25, 0.3) is 5.91 Å². The highest BCUT2D eigenvalue weighted by Crippen LogP contribution is 2.26. The second kappa shape index (κ2) is 8.30. The number of hydrogen-bond donors (Lipinski definition) is 1. The number of amides is 2. The highest BCUT2D eigenvalue weighted by Gasteiger charge is 2.29. The summed E-state index contributed by atoms with van der Waals surface area (Å²) in [5, 5.41) is 4.47. The van der Waals surface area contributed by atoms with E-state index >= 15 is 0 Å². The van der Waals surface area contributed by atoms with Crippen LogP contribution in [-0.2, 0) is 9.53 Å². The van der Waals surface area contributed by atoms with Gasteiger partial charge in [-0.05, 0) is 48.6 Å². The van der Waals surface area contributed by atoms with Crippen LogP contribution in [0.4, 0.5) is 10.1 Å². The minimum atomic E-state index is -0.503. The summed E-state index contributed by atoms with van der Waals surface area (Å²) in [6.07, 6.45) is 1.34. The lowest BCUT2D eigenvalue weighted by Crippen LogP contribution is -2.43. The van der Waals surface area contributed by atoms with Crippen molar-refractivity contribution >= 4 is 34.8 Å². The largest absolute Gasteiger partial charge is 0.465 e. The maximum Gasteiger partial charge on any atom is 0.350 e. The number of hydrogen-bond acceptors (Lipinski definition) is 5. The molecule has 1 aromatic carbocycles. The Labute approximate surface area is 159 Å². The Balaban J connectivity index is 1.66. The van der Waals surface area contributed by atoms with Crippen LogP contribution in [0, 0.1) is 11.7 Å². The molecule has 1 aliphatic rings. The molecule has 2 aromatic rings. The van der Waals surface area contributed by atoms with E-state index in [0.29, 0.717) is 35.5 Å². The van der Waals surface area contributed by atoms with E-state index in [1.165, 1.54) is 42.7 Å². The Hall–Kier alpha value is -2.74. The molecule has 6 nitrogen and oxygen atoms in total. The Morgan fingerprint density at radius 2 is 1.96 bits per heavy atom. The van der Waals surface area contributed by atoms with Crippen molar-refractivity contribution in [2.24, 2.45) is 5.92 Å². The van der Waals surface area contributed by atoms with Crippen LogP contribution in [0.1, 0.15) is 32.9 Å². The number of anilines is 1. The molecule has 3 rings (SSSR count). The van der Waals surface area contributed by atoms with Crippen molar-refractivity contribution in [2.75, 3.05) is 25.5 Å². The molecular weight excluding hydrogens is 371 g/mol. The van der Waals surface area contributed by atoms with Crippen LogP contribution in [0.15, 0.2) is 35.7 Å². The number of esters is 1. The minimum absolute atomic E-state index is 0.224. The monoisotopic (exact) mass is 390 g/mol. The molecule has 0 saturated carbocycles. The molecule has 1 saturated heterocycles. The van der Waals surface area contributed by atoms with Gasteiger partial charge in [-0.25, -0.2) is 9.18 Å². The molecule has 142 valence electrons. The lowest BCUT2D eigenvalue weighted by atomic mass is 9.96. The van der Waals surface area contributed by atoms with Crippen molar-refractivity contribution in [1.82, 2.24) is 4.90 Å². The van der Waals surface area contributed by atoms with Gasteiger partial charge in [-0.2, -0.15) is 0 Å². The standard InChI is InChI=1S/C19H19FN2O4S/c1-26-19(25)16-15(8-10-27-16)21-17(23)13-3-2-9-22(11-13)18(24)12-4-6-14(20)7-5-12/h4-8,10,13H,2-3,9,11H2,1H3,(H,21,23)/t13-/m1/s1. The number of ether oxygens (including phenoxy) is 1. The summed E-state index contributed by atoms with van der Waals surface area (Å²) in [6.45, 7) is 0.825. The number of nitrogens with zero attached hydrogens (tertiary/aromatic N) is 1. The Bertz CT molecular complexity index is 850. The van der Waals surface area contributed by atoms with Crippen molar-refractivity contribution < 1.29 is 23.5 Å². The SMILES string of the molecule is COC(=O)c1sccc1NC(=O)[C@@H]1CCCN(C(=O)c2ccc(F)cc2)C1. The first-order valence-electron chi connectivity index (χ1n) is 8.51. The number of halogens is 1. The van der Waals surface area contributed by atoms with Crippen molar-refractivity contribution in [3.05, 3.63) is 52.0 Å². The molecule has 1 N–H and O–H groups in total. The van der Waals surface area contributed by atoms with Gasteiger partial charge in [0.2, 0.25) is 5.91 Å². The molecule has 8 heteroatoms. The van der Waals surface area contributed by atoms with Crippen molar-refractivity contribution in [2.45, 2.75) is 12.8 Å². The average molecular weight is 390 g/mol. The number of thiophene rings is 1. The highest BCUT2D eigenvalue weighted by molar-refractivity contribution is 7.12. The second-order valence-corrected chi connectivity index (χ2v) is 7.16. The van der Waals surface area contributed by atoms with Crippen LogP contribution in [0.3, 0.4) is 0 Å². The van der Waals surface area contributed by atoms with Crippen LogP contribution in [0.25, 0.3) is 0 Å². The Kier molecular flexibility index (Phi) is 5.85. The Morgan fingerprint density at radius 1 is 1.22 bits per heavy atom. The zero-order valence-electron chi connectivity index (χ0n) is 14.7. The van der Waals surface area contributed by atoms with Crippen molar-refractivity contribution in [3.8, 4) is 0 Å². The van der Waals surface area contributed by atoms with Crippen LogP contribution in [0.5, 0.6) is 0 Å². The first-order chi connectivity index (χ1) is 13.0. The molecular formula is C19H19FN2O4S. The van der Waals surface area contributed by atoms with E-state index in [2.05, 4.69) is 5.32 Å². The van der Waals surface area contributed by atoms with E-state index in [9.17, 15) is 18.8 Å². The molecule has 0 unspecified atom stereocenters. The Morgan fingerprint density at radius 3 is 2.67 bits per heavy atom. The van der Waals surface area contributed by atoms with Gasteiger partial charge in [0.1, 0.15) is 10.7 Å². The van der Waals surface area contributed by atoms with Crippen LogP contribution in [-0.4, -0.2) is 42.9 Å². The summed E-state index contributed by atoms with van der Waals surface area (Å²) in [4.78, 5) is 38.9. The molecule has 1 atom stereocenters. The predicted octanol–water partition coefficient (Wildman–Crippen LogP) is 3.16. The minimum Gasteiger partial charge on any atom is -0.465 e.